The zero-order valence-electron chi connectivity index (χ0n) is 15.4. The Morgan fingerprint density at radius 1 is 1.00 bits per heavy atom. The van der Waals surface area contributed by atoms with Crippen molar-refractivity contribution in [2.75, 3.05) is 39.8 Å². The summed E-state index contributed by atoms with van der Waals surface area (Å²) < 4.78 is 2.98. The molecule has 0 bridgehead atoms. The lowest BCUT2D eigenvalue weighted by Gasteiger charge is -2.32. The van der Waals surface area contributed by atoms with Gasteiger partial charge in [0.15, 0.2) is 0 Å². The van der Waals surface area contributed by atoms with Crippen LogP contribution in [0.5, 0.6) is 0 Å². The molecule has 2 aliphatic rings. The standard InChI is InChI=1S/C22H22BrN3O/c1-24-10-12-25(13-11-24)9-8-17-19-14-15(23)6-7-20(19)26-21(17)16-4-2-3-5-18(16)22(26)27/h2-7,14H,8-13H2,1H3. The van der Waals surface area contributed by atoms with E-state index in [9.17, 15) is 4.79 Å². The van der Waals surface area contributed by atoms with Gasteiger partial charge in [-0.1, -0.05) is 34.1 Å². The quantitative estimate of drug-likeness (QED) is 0.500. The zero-order valence-corrected chi connectivity index (χ0v) is 17.0. The number of carbonyl (C=O) groups excluding carboxylic acids is 1. The molecule has 0 radical (unpaired) electrons. The van der Waals surface area contributed by atoms with Crippen LogP contribution in [-0.4, -0.2) is 60.0 Å². The molecule has 0 spiro atoms. The third-order valence-electron chi connectivity index (χ3n) is 5.92. The summed E-state index contributed by atoms with van der Waals surface area (Å²) in [5.74, 6) is 0.0961. The summed E-state index contributed by atoms with van der Waals surface area (Å²) in [4.78, 5) is 18.0. The summed E-state index contributed by atoms with van der Waals surface area (Å²) in [5.41, 5.74) is 5.30. The molecule has 0 N–H and O–H groups in total. The van der Waals surface area contributed by atoms with Crippen molar-refractivity contribution in [3.05, 3.63) is 58.1 Å². The maximum Gasteiger partial charge on any atom is 0.263 e. The number of hydrogen-bond acceptors (Lipinski definition) is 3. The summed E-state index contributed by atoms with van der Waals surface area (Å²) in [6, 6.07) is 14.3. The molecule has 0 saturated carbocycles. The molecule has 138 valence electrons. The van der Waals surface area contributed by atoms with Gasteiger partial charge in [0.05, 0.1) is 11.2 Å². The van der Waals surface area contributed by atoms with E-state index in [0.29, 0.717) is 0 Å². The van der Waals surface area contributed by atoms with Crippen LogP contribution in [0.3, 0.4) is 0 Å². The number of piperazine rings is 1. The summed E-state index contributed by atoms with van der Waals surface area (Å²) in [5, 5.41) is 1.19. The average Bonchev–Trinajstić information content (AvgIpc) is 3.15. The second kappa shape index (κ2) is 6.59. The molecule has 27 heavy (non-hydrogen) atoms. The van der Waals surface area contributed by atoms with E-state index in [0.717, 1.165) is 66.0 Å². The SMILES string of the molecule is CN1CCN(CCc2c3n(c4ccc(Br)cc24)C(=O)c2ccccc2-3)CC1. The normalized spacial score (nSPS) is 17.5. The molecule has 0 aliphatic carbocycles. The molecule has 2 aliphatic heterocycles. The van der Waals surface area contributed by atoms with E-state index >= 15 is 0 Å². The minimum atomic E-state index is 0.0961. The van der Waals surface area contributed by atoms with Crippen molar-refractivity contribution >= 4 is 32.7 Å². The predicted octanol–water partition coefficient (Wildman–Crippen LogP) is 3.86. The van der Waals surface area contributed by atoms with Gasteiger partial charge < -0.3 is 9.80 Å². The van der Waals surface area contributed by atoms with Crippen LogP contribution in [-0.2, 0) is 6.42 Å². The van der Waals surface area contributed by atoms with E-state index < -0.39 is 0 Å². The van der Waals surface area contributed by atoms with Crippen LogP contribution in [0.2, 0.25) is 0 Å². The number of hydrogen-bond donors (Lipinski definition) is 0. The molecule has 4 nitrogen and oxygen atoms in total. The van der Waals surface area contributed by atoms with Crippen molar-refractivity contribution in [1.29, 1.82) is 0 Å². The lowest BCUT2D eigenvalue weighted by Crippen LogP contribution is -2.45. The maximum absolute atomic E-state index is 13.1. The van der Waals surface area contributed by atoms with E-state index in [-0.39, 0.29) is 5.91 Å². The first-order valence-corrected chi connectivity index (χ1v) is 10.3. The van der Waals surface area contributed by atoms with E-state index in [2.05, 4.69) is 51.0 Å². The summed E-state index contributed by atoms with van der Waals surface area (Å²) in [7, 11) is 2.19. The Morgan fingerprint density at radius 3 is 2.52 bits per heavy atom. The van der Waals surface area contributed by atoms with Crippen LogP contribution >= 0.6 is 15.9 Å². The number of nitrogens with zero attached hydrogens (tertiary/aromatic N) is 3. The number of likely N-dealkylation sites (N-methyl/N-ethyl adjacent to an activating group) is 1. The van der Waals surface area contributed by atoms with Crippen molar-refractivity contribution < 1.29 is 4.79 Å². The first-order valence-electron chi connectivity index (χ1n) is 9.51. The predicted molar refractivity (Wildman–Crippen MR) is 112 cm³/mol. The molecule has 1 aromatic heterocycles. The molecule has 0 unspecified atom stereocenters. The number of benzene rings is 2. The molecule has 3 aromatic rings. The minimum absolute atomic E-state index is 0.0961. The van der Waals surface area contributed by atoms with E-state index in [1.54, 1.807) is 0 Å². The number of fused-ring (bicyclic) bond motifs is 5. The highest BCUT2D eigenvalue weighted by molar-refractivity contribution is 9.10. The molecular formula is C22H22BrN3O. The second-order valence-electron chi connectivity index (χ2n) is 7.57. The third-order valence-corrected chi connectivity index (χ3v) is 6.42. The van der Waals surface area contributed by atoms with Gasteiger partial charge in [0.25, 0.3) is 5.91 Å². The van der Waals surface area contributed by atoms with Crippen LogP contribution in [0.1, 0.15) is 15.9 Å². The first-order chi connectivity index (χ1) is 13.1. The van der Waals surface area contributed by atoms with Gasteiger partial charge in [-0.05, 0) is 43.3 Å². The van der Waals surface area contributed by atoms with Crippen LogP contribution in [0, 0.1) is 0 Å². The number of carbonyl (C=O) groups is 1. The Kier molecular flexibility index (Phi) is 4.19. The van der Waals surface area contributed by atoms with Crippen molar-refractivity contribution in [2.45, 2.75) is 6.42 Å². The van der Waals surface area contributed by atoms with Gasteiger partial charge in [-0.3, -0.25) is 9.36 Å². The van der Waals surface area contributed by atoms with Crippen LogP contribution in [0.15, 0.2) is 46.9 Å². The monoisotopic (exact) mass is 423 g/mol. The average molecular weight is 424 g/mol. The summed E-state index contributed by atoms with van der Waals surface area (Å²) in [6.45, 7) is 5.51. The second-order valence-corrected chi connectivity index (χ2v) is 8.49. The van der Waals surface area contributed by atoms with Gasteiger partial charge in [-0.25, -0.2) is 0 Å². The third kappa shape index (κ3) is 2.76. The number of halogens is 1. The number of rotatable bonds is 3. The van der Waals surface area contributed by atoms with E-state index in [1.807, 2.05) is 28.8 Å². The Morgan fingerprint density at radius 2 is 1.74 bits per heavy atom. The highest BCUT2D eigenvalue weighted by atomic mass is 79.9. The van der Waals surface area contributed by atoms with Gasteiger partial charge in [-0.15, -0.1) is 0 Å². The topological polar surface area (TPSA) is 28.5 Å². The lowest BCUT2D eigenvalue weighted by atomic mass is 10.00. The fourth-order valence-electron chi connectivity index (χ4n) is 4.41. The molecule has 3 heterocycles. The Balaban J connectivity index is 1.60. The van der Waals surface area contributed by atoms with Crippen LogP contribution in [0.25, 0.3) is 22.2 Å². The molecule has 2 aromatic carbocycles. The van der Waals surface area contributed by atoms with Gasteiger partial charge in [0, 0.05) is 53.7 Å². The highest BCUT2D eigenvalue weighted by Gasteiger charge is 2.32. The molecule has 1 fully saturated rings. The molecule has 1 saturated heterocycles. The fraction of sp³-hybridized carbons (Fsp3) is 0.318. The van der Waals surface area contributed by atoms with Crippen molar-refractivity contribution in [3.8, 4) is 11.3 Å². The Bertz CT molecular complexity index is 1050. The molecule has 5 heteroatoms. The first kappa shape index (κ1) is 17.2. The smallest absolute Gasteiger partial charge is 0.263 e. The van der Waals surface area contributed by atoms with E-state index in [1.165, 1.54) is 10.9 Å². The largest absolute Gasteiger partial charge is 0.304 e. The molecular weight excluding hydrogens is 402 g/mol. The molecule has 5 rings (SSSR count). The van der Waals surface area contributed by atoms with Gasteiger partial charge in [0.2, 0.25) is 0 Å². The Hall–Kier alpha value is -1.95. The van der Waals surface area contributed by atoms with E-state index in [4.69, 9.17) is 0 Å². The van der Waals surface area contributed by atoms with Gasteiger partial charge >= 0.3 is 0 Å². The van der Waals surface area contributed by atoms with Crippen molar-refractivity contribution in [2.24, 2.45) is 0 Å². The molecule has 0 amide bonds. The zero-order chi connectivity index (χ0) is 18.5. The van der Waals surface area contributed by atoms with Gasteiger partial charge in [0.1, 0.15) is 0 Å². The summed E-state index contributed by atoms with van der Waals surface area (Å²) in [6.07, 6.45) is 0.959. The highest BCUT2D eigenvalue weighted by Crippen LogP contribution is 2.41. The Labute approximate surface area is 167 Å². The number of aromatic nitrogens is 1. The fourth-order valence-corrected chi connectivity index (χ4v) is 4.77. The maximum atomic E-state index is 13.1. The van der Waals surface area contributed by atoms with Gasteiger partial charge in [-0.2, -0.15) is 0 Å². The van der Waals surface area contributed by atoms with Crippen LogP contribution < -0.4 is 0 Å². The molecule has 0 atom stereocenters. The summed E-state index contributed by atoms with van der Waals surface area (Å²) >= 11 is 3.61. The minimum Gasteiger partial charge on any atom is -0.304 e. The van der Waals surface area contributed by atoms with Crippen molar-refractivity contribution in [1.82, 2.24) is 14.4 Å². The van der Waals surface area contributed by atoms with Crippen LogP contribution in [0.4, 0.5) is 0 Å². The van der Waals surface area contributed by atoms with Crippen molar-refractivity contribution in [3.63, 3.8) is 0 Å². The lowest BCUT2D eigenvalue weighted by molar-refractivity contribution is 0.0973.